The predicted molar refractivity (Wildman–Crippen MR) is 55.0 cm³/mol. The highest BCUT2D eigenvalue weighted by atomic mass is 35.5. The van der Waals surface area contributed by atoms with Gasteiger partial charge in [-0.05, 0) is 36.6 Å². The number of carbonyl (C=O) groups excluding carboxylic acids is 1. The maximum Gasteiger partial charge on any atom is 0.287 e. The van der Waals surface area contributed by atoms with Crippen LogP contribution in [0.1, 0.15) is 23.4 Å². The van der Waals surface area contributed by atoms with Crippen molar-refractivity contribution in [2.45, 2.75) is 18.9 Å². The quantitative estimate of drug-likeness (QED) is 0.861. The van der Waals surface area contributed by atoms with Crippen LogP contribution >= 0.6 is 11.6 Å². The second kappa shape index (κ2) is 4.68. The van der Waals surface area contributed by atoms with Crippen molar-refractivity contribution in [3.63, 3.8) is 0 Å². The van der Waals surface area contributed by atoms with Crippen molar-refractivity contribution >= 4 is 17.5 Å². The smallest absolute Gasteiger partial charge is 0.287 e. The molecule has 1 amide bonds. The van der Waals surface area contributed by atoms with Crippen molar-refractivity contribution in [1.29, 1.82) is 0 Å². The number of furan rings is 1. The van der Waals surface area contributed by atoms with Gasteiger partial charge in [-0.1, -0.05) is 0 Å². The zero-order valence-corrected chi connectivity index (χ0v) is 8.92. The number of rotatable bonds is 3. The van der Waals surface area contributed by atoms with Gasteiger partial charge in [-0.2, -0.15) is 0 Å². The molecule has 0 saturated carbocycles. The van der Waals surface area contributed by atoms with E-state index in [1.54, 1.807) is 12.1 Å². The van der Waals surface area contributed by atoms with Gasteiger partial charge < -0.3 is 14.5 Å². The van der Waals surface area contributed by atoms with Gasteiger partial charge in [0.25, 0.3) is 5.91 Å². The Kier molecular flexibility index (Phi) is 3.28. The topological polar surface area (TPSA) is 51.5 Å². The Labute approximate surface area is 92.5 Å². The summed E-state index contributed by atoms with van der Waals surface area (Å²) in [7, 11) is 0. The second-order valence-corrected chi connectivity index (χ2v) is 3.82. The SMILES string of the molecule is O=C(NCC1CCCO1)c1ccc(Cl)o1. The van der Waals surface area contributed by atoms with Crippen LogP contribution in [0.25, 0.3) is 0 Å². The van der Waals surface area contributed by atoms with Gasteiger partial charge in [-0.3, -0.25) is 4.79 Å². The fraction of sp³-hybridized carbons (Fsp3) is 0.500. The van der Waals surface area contributed by atoms with Crippen molar-refractivity contribution in [2.75, 3.05) is 13.2 Å². The fourth-order valence-corrected chi connectivity index (χ4v) is 1.68. The molecule has 1 N–H and O–H groups in total. The average molecular weight is 230 g/mol. The lowest BCUT2D eigenvalue weighted by molar-refractivity contribution is 0.0835. The standard InChI is InChI=1S/C10H12ClNO3/c11-9-4-3-8(15-9)10(13)12-6-7-2-1-5-14-7/h3-4,7H,1-2,5-6H2,(H,12,13). The normalized spacial score (nSPS) is 20.5. The van der Waals surface area contributed by atoms with E-state index in [9.17, 15) is 4.79 Å². The predicted octanol–water partition coefficient (Wildman–Crippen LogP) is 1.84. The summed E-state index contributed by atoms with van der Waals surface area (Å²) in [6.07, 6.45) is 2.20. The van der Waals surface area contributed by atoms with Crippen LogP contribution in [-0.4, -0.2) is 25.2 Å². The monoisotopic (exact) mass is 229 g/mol. The molecule has 1 fully saturated rings. The molecule has 1 atom stereocenters. The van der Waals surface area contributed by atoms with Gasteiger partial charge in [0, 0.05) is 13.2 Å². The van der Waals surface area contributed by atoms with E-state index < -0.39 is 0 Å². The number of hydrogen-bond acceptors (Lipinski definition) is 3. The largest absolute Gasteiger partial charge is 0.440 e. The molecule has 0 aliphatic carbocycles. The van der Waals surface area contributed by atoms with Crippen molar-refractivity contribution < 1.29 is 13.9 Å². The van der Waals surface area contributed by atoms with Crippen LogP contribution in [0, 0.1) is 0 Å². The molecule has 4 nitrogen and oxygen atoms in total. The van der Waals surface area contributed by atoms with Crippen molar-refractivity contribution in [2.24, 2.45) is 0 Å². The number of amides is 1. The summed E-state index contributed by atoms with van der Waals surface area (Å²) in [6.45, 7) is 1.31. The zero-order chi connectivity index (χ0) is 10.7. The number of halogens is 1. The summed E-state index contributed by atoms with van der Waals surface area (Å²) in [6, 6.07) is 3.09. The molecular weight excluding hydrogens is 218 g/mol. The summed E-state index contributed by atoms with van der Waals surface area (Å²) in [5, 5.41) is 2.96. The van der Waals surface area contributed by atoms with E-state index in [-0.39, 0.29) is 23.0 Å². The first kappa shape index (κ1) is 10.5. The van der Waals surface area contributed by atoms with Crippen LogP contribution in [0.5, 0.6) is 0 Å². The van der Waals surface area contributed by atoms with E-state index in [0.29, 0.717) is 6.54 Å². The van der Waals surface area contributed by atoms with Crippen molar-refractivity contribution in [3.8, 4) is 0 Å². The van der Waals surface area contributed by atoms with Crippen LogP contribution in [0.15, 0.2) is 16.5 Å². The minimum Gasteiger partial charge on any atom is -0.440 e. The summed E-state index contributed by atoms with van der Waals surface area (Å²) in [4.78, 5) is 11.5. The summed E-state index contributed by atoms with van der Waals surface area (Å²) in [5.74, 6) is -0.0182. The molecule has 82 valence electrons. The molecule has 0 bridgehead atoms. The lowest BCUT2D eigenvalue weighted by Gasteiger charge is -2.09. The van der Waals surface area contributed by atoms with E-state index in [2.05, 4.69) is 5.32 Å². The van der Waals surface area contributed by atoms with Crippen molar-refractivity contribution in [3.05, 3.63) is 23.1 Å². The van der Waals surface area contributed by atoms with E-state index in [4.69, 9.17) is 20.8 Å². The molecule has 2 rings (SSSR count). The summed E-state index contributed by atoms with van der Waals surface area (Å²) >= 11 is 5.56. The van der Waals surface area contributed by atoms with E-state index in [1.165, 1.54) is 0 Å². The number of carbonyl (C=O) groups is 1. The Bertz CT molecular complexity index is 344. The fourth-order valence-electron chi connectivity index (χ4n) is 1.54. The van der Waals surface area contributed by atoms with Gasteiger partial charge in [0.15, 0.2) is 11.0 Å². The van der Waals surface area contributed by atoms with E-state index in [0.717, 1.165) is 19.4 Å². The first-order valence-electron chi connectivity index (χ1n) is 4.91. The van der Waals surface area contributed by atoms with Gasteiger partial charge in [-0.25, -0.2) is 0 Å². The summed E-state index contributed by atoms with van der Waals surface area (Å²) in [5.41, 5.74) is 0. The average Bonchev–Trinajstić information content (AvgIpc) is 2.84. The Balaban J connectivity index is 1.81. The third kappa shape index (κ3) is 2.73. The highest BCUT2D eigenvalue weighted by Gasteiger charge is 2.17. The van der Waals surface area contributed by atoms with Crippen LogP contribution in [-0.2, 0) is 4.74 Å². The highest BCUT2D eigenvalue weighted by molar-refractivity contribution is 6.29. The maximum absolute atomic E-state index is 11.5. The lowest BCUT2D eigenvalue weighted by Crippen LogP contribution is -2.31. The van der Waals surface area contributed by atoms with Gasteiger partial charge in [0.1, 0.15) is 0 Å². The Hall–Kier alpha value is -1.00. The Morgan fingerprint density at radius 3 is 3.07 bits per heavy atom. The number of nitrogens with one attached hydrogen (secondary N) is 1. The molecule has 0 radical (unpaired) electrons. The Morgan fingerprint density at radius 1 is 1.60 bits per heavy atom. The molecule has 5 heteroatoms. The van der Waals surface area contributed by atoms with Gasteiger partial charge in [-0.15, -0.1) is 0 Å². The molecule has 0 spiro atoms. The van der Waals surface area contributed by atoms with Gasteiger partial charge in [0.2, 0.25) is 0 Å². The van der Waals surface area contributed by atoms with Crippen LogP contribution < -0.4 is 5.32 Å². The molecule has 1 aliphatic heterocycles. The Morgan fingerprint density at radius 2 is 2.47 bits per heavy atom. The molecule has 15 heavy (non-hydrogen) atoms. The second-order valence-electron chi connectivity index (χ2n) is 3.45. The zero-order valence-electron chi connectivity index (χ0n) is 8.16. The molecule has 1 aliphatic rings. The van der Waals surface area contributed by atoms with Gasteiger partial charge in [0.05, 0.1) is 6.10 Å². The van der Waals surface area contributed by atoms with E-state index >= 15 is 0 Å². The maximum atomic E-state index is 11.5. The molecule has 1 aromatic heterocycles. The molecule has 1 unspecified atom stereocenters. The molecule has 1 aromatic rings. The lowest BCUT2D eigenvalue weighted by atomic mass is 10.2. The first-order chi connectivity index (χ1) is 7.25. The molecular formula is C10H12ClNO3. The number of hydrogen-bond donors (Lipinski definition) is 1. The minimum absolute atomic E-state index is 0.138. The summed E-state index contributed by atoms with van der Waals surface area (Å²) < 4.78 is 10.3. The number of ether oxygens (including phenoxy) is 1. The van der Waals surface area contributed by atoms with Crippen molar-refractivity contribution in [1.82, 2.24) is 5.32 Å². The molecule has 0 aromatic carbocycles. The van der Waals surface area contributed by atoms with Gasteiger partial charge >= 0.3 is 0 Å². The third-order valence-corrected chi connectivity index (χ3v) is 2.51. The minimum atomic E-state index is -0.252. The molecule has 1 saturated heterocycles. The van der Waals surface area contributed by atoms with Crippen LogP contribution in [0.4, 0.5) is 0 Å². The van der Waals surface area contributed by atoms with Crippen LogP contribution in [0.3, 0.4) is 0 Å². The van der Waals surface area contributed by atoms with E-state index in [1.807, 2.05) is 0 Å². The first-order valence-corrected chi connectivity index (χ1v) is 5.28. The third-order valence-electron chi connectivity index (χ3n) is 2.31. The molecule has 2 heterocycles. The van der Waals surface area contributed by atoms with Crippen LogP contribution in [0.2, 0.25) is 5.22 Å². The highest BCUT2D eigenvalue weighted by Crippen LogP contribution is 2.14.